The molecule has 1 aromatic rings. The molecular formula is C15H21NO4. The summed E-state index contributed by atoms with van der Waals surface area (Å²) in [5.74, 6) is -0.876. The van der Waals surface area contributed by atoms with E-state index in [1.54, 1.807) is 0 Å². The minimum absolute atomic E-state index is 0.0568. The third kappa shape index (κ3) is 8.26. The van der Waals surface area contributed by atoms with E-state index >= 15 is 0 Å². The van der Waals surface area contributed by atoms with Gasteiger partial charge in [0.1, 0.15) is 0 Å². The van der Waals surface area contributed by atoms with Crippen molar-refractivity contribution in [2.45, 2.75) is 32.3 Å². The van der Waals surface area contributed by atoms with Crippen LogP contribution < -0.4 is 5.32 Å². The smallest absolute Gasteiger partial charge is 0.303 e. The van der Waals surface area contributed by atoms with E-state index in [2.05, 4.69) is 5.32 Å². The van der Waals surface area contributed by atoms with Crippen LogP contribution in [0.1, 0.15) is 31.2 Å². The molecule has 0 radical (unpaired) electrons. The number of hydrogen-bond donors (Lipinski definition) is 2. The summed E-state index contributed by atoms with van der Waals surface area (Å²) in [4.78, 5) is 21.7. The van der Waals surface area contributed by atoms with Crippen molar-refractivity contribution in [3.05, 3.63) is 35.9 Å². The quantitative estimate of drug-likeness (QED) is 0.642. The first kappa shape index (κ1) is 16.2. The molecular weight excluding hydrogens is 258 g/mol. The van der Waals surface area contributed by atoms with Crippen molar-refractivity contribution in [2.24, 2.45) is 0 Å². The highest BCUT2D eigenvalue weighted by Crippen LogP contribution is 2.00. The molecule has 0 heterocycles. The first-order valence-corrected chi connectivity index (χ1v) is 6.78. The number of rotatable bonds is 10. The second-order valence-corrected chi connectivity index (χ2v) is 4.49. The van der Waals surface area contributed by atoms with E-state index in [9.17, 15) is 9.59 Å². The van der Waals surface area contributed by atoms with Crippen LogP contribution in [0.15, 0.2) is 30.3 Å². The fraction of sp³-hybridized carbons (Fsp3) is 0.467. The maximum absolute atomic E-state index is 11.4. The lowest BCUT2D eigenvalue weighted by atomic mass is 10.2. The Morgan fingerprint density at radius 2 is 1.80 bits per heavy atom. The molecule has 0 atom stereocenters. The Morgan fingerprint density at radius 1 is 1.10 bits per heavy atom. The summed E-state index contributed by atoms with van der Waals surface area (Å²) in [5.41, 5.74) is 1.10. The number of amides is 1. The number of hydrogen-bond acceptors (Lipinski definition) is 3. The highest BCUT2D eigenvalue weighted by atomic mass is 16.5. The molecule has 0 spiro atoms. The molecule has 0 fully saturated rings. The summed E-state index contributed by atoms with van der Waals surface area (Å²) in [6, 6.07) is 9.84. The summed E-state index contributed by atoms with van der Waals surface area (Å²) in [6.45, 7) is 1.48. The minimum atomic E-state index is -0.820. The molecule has 0 saturated carbocycles. The normalized spacial score (nSPS) is 10.2. The van der Waals surface area contributed by atoms with Crippen molar-refractivity contribution in [1.82, 2.24) is 5.32 Å². The molecule has 0 aliphatic carbocycles. The topological polar surface area (TPSA) is 75.6 Å². The van der Waals surface area contributed by atoms with Gasteiger partial charge >= 0.3 is 5.97 Å². The highest BCUT2D eigenvalue weighted by molar-refractivity contribution is 5.75. The van der Waals surface area contributed by atoms with Crippen LogP contribution >= 0.6 is 0 Å². The zero-order chi connectivity index (χ0) is 14.6. The molecule has 20 heavy (non-hydrogen) atoms. The fourth-order valence-corrected chi connectivity index (χ4v) is 1.68. The molecule has 0 saturated heterocycles. The first-order chi connectivity index (χ1) is 9.68. The van der Waals surface area contributed by atoms with E-state index in [0.29, 0.717) is 39.0 Å². The molecule has 110 valence electrons. The number of nitrogens with one attached hydrogen (secondary N) is 1. The number of aliphatic carboxylic acids is 1. The second kappa shape index (κ2) is 9.97. The summed E-state index contributed by atoms with van der Waals surface area (Å²) in [6.07, 6.45) is 1.62. The molecule has 5 nitrogen and oxygen atoms in total. The molecule has 2 N–H and O–H groups in total. The van der Waals surface area contributed by atoms with Gasteiger partial charge in [0.25, 0.3) is 0 Å². The van der Waals surface area contributed by atoms with Gasteiger partial charge in [-0.3, -0.25) is 9.59 Å². The number of benzene rings is 1. The molecule has 1 amide bonds. The monoisotopic (exact) mass is 279 g/mol. The van der Waals surface area contributed by atoms with E-state index in [-0.39, 0.29) is 12.3 Å². The largest absolute Gasteiger partial charge is 0.481 e. The van der Waals surface area contributed by atoms with E-state index in [1.165, 1.54) is 0 Å². The Morgan fingerprint density at radius 3 is 2.50 bits per heavy atom. The third-order valence-electron chi connectivity index (χ3n) is 2.72. The molecule has 5 heteroatoms. The van der Waals surface area contributed by atoms with Crippen LogP contribution in [-0.4, -0.2) is 30.1 Å². The van der Waals surface area contributed by atoms with Gasteiger partial charge in [0.05, 0.1) is 13.2 Å². The Balaban J connectivity index is 1.95. The van der Waals surface area contributed by atoms with Gasteiger partial charge in [-0.2, -0.15) is 0 Å². The Hall–Kier alpha value is -1.88. The van der Waals surface area contributed by atoms with Crippen LogP contribution in [0.2, 0.25) is 0 Å². The standard InChI is InChI=1S/C15H21NO4/c17-14(8-4-5-9-15(18)19)16-10-11-20-12-13-6-2-1-3-7-13/h1-3,6-7H,4-5,8-12H2,(H,16,17)(H,18,19). The predicted octanol–water partition coefficient (Wildman–Crippen LogP) is 1.96. The third-order valence-corrected chi connectivity index (χ3v) is 2.72. The molecule has 0 bridgehead atoms. The maximum atomic E-state index is 11.4. The summed E-state index contributed by atoms with van der Waals surface area (Å²) in [7, 11) is 0. The fourth-order valence-electron chi connectivity index (χ4n) is 1.68. The molecule has 0 aliphatic rings. The summed E-state index contributed by atoms with van der Waals surface area (Å²) in [5, 5.41) is 11.2. The van der Waals surface area contributed by atoms with Crippen LogP contribution in [0, 0.1) is 0 Å². The van der Waals surface area contributed by atoms with Crippen LogP contribution in [0.25, 0.3) is 0 Å². The predicted molar refractivity (Wildman–Crippen MR) is 75.2 cm³/mol. The Bertz CT molecular complexity index is 406. The lowest BCUT2D eigenvalue weighted by Gasteiger charge is -2.06. The number of unbranched alkanes of at least 4 members (excludes halogenated alkanes) is 1. The van der Waals surface area contributed by atoms with Crippen LogP contribution in [0.4, 0.5) is 0 Å². The number of carbonyl (C=O) groups is 2. The summed E-state index contributed by atoms with van der Waals surface area (Å²) >= 11 is 0. The highest BCUT2D eigenvalue weighted by Gasteiger charge is 2.02. The molecule has 0 aliphatic heterocycles. The molecule has 0 unspecified atom stereocenters. The Labute approximate surface area is 118 Å². The number of carboxylic acids is 1. The lowest BCUT2D eigenvalue weighted by Crippen LogP contribution is -2.26. The second-order valence-electron chi connectivity index (χ2n) is 4.49. The van der Waals surface area contributed by atoms with Crippen molar-refractivity contribution in [3.63, 3.8) is 0 Å². The number of carboxylic acid groups (broad SMARTS) is 1. The van der Waals surface area contributed by atoms with Gasteiger partial charge in [0, 0.05) is 19.4 Å². The van der Waals surface area contributed by atoms with E-state index in [1.807, 2.05) is 30.3 Å². The van der Waals surface area contributed by atoms with Gasteiger partial charge in [0.15, 0.2) is 0 Å². The number of ether oxygens (including phenoxy) is 1. The van der Waals surface area contributed by atoms with Crippen molar-refractivity contribution < 1.29 is 19.4 Å². The van der Waals surface area contributed by atoms with E-state index in [0.717, 1.165) is 5.56 Å². The molecule has 1 aromatic carbocycles. The Kier molecular flexibility index (Phi) is 8.07. The van der Waals surface area contributed by atoms with Gasteiger partial charge in [-0.05, 0) is 18.4 Å². The van der Waals surface area contributed by atoms with Gasteiger partial charge < -0.3 is 15.2 Å². The van der Waals surface area contributed by atoms with Crippen molar-refractivity contribution >= 4 is 11.9 Å². The number of carbonyl (C=O) groups excluding carboxylic acids is 1. The van der Waals surface area contributed by atoms with Crippen molar-refractivity contribution in [3.8, 4) is 0 Å². The lowest BCUT2D eigenvalue weighted by molar-refractivity contribution is -0.137. The zero-order valence-electron chi connectivity index (χ0n) is 11.5. The van der Waals surface area contributed by atoms with Gasteiger partial charge in [-0.25, -0.2) is 0 Å². The van der Waals surface area contributed by atoms with E-state index < -0.39 is 5.97 Å². The SMILES string of the molecule is O=C(O)CCCCC(=O)NCCOCc1ccccc1. The van der Waals surface area contributed by atoms with Crippen LogP contribution in [0.5, 0.6) is 0 Å². The van der Waals surface area contributed by atoms with Gasteiger partial charge in [0.2, 0.25) is 5.91 Å². The molecule has 0 aromatic heterocycles. The van der Waals surface area contributed by atoms with Crippen molar-refractivity contribution in [2.75, 3.05) is 13.2 Å². The average molecular weight is 279 g/mol. The first-order valence-electron chi connectivity index (χ1n) is 6.78. The van der Waals surface area contributed by atoms with Crippen molar-refractivity contribution in [1.29, 1.82) is 0 Å². The van der Waals surface area contributed by atoms with Gasteiger partial charge in [-0.1, -0.05) is 30.3 Å². The average Bonchev–Trinajstić information content (AvgIpc) is 2.44. The summed E-state index contributed by atoms with van der Waals surface area (Å²) < 4.78 is 5.43. The maximum Gasteiger partial charge on any atom is 0.303 e. The van der Waals surface area contributed by atoms with Crippen LogP contribution in [-0.2, 0) is 20.9 Å². The zero-order valence-corrected chi connectivity index (χ0v) is 11.5. The van der Waals surface area contributed by atoms with Gasteiger partial charge in [-0.15, -0.1) is 0 Å². The van der Waals surface area contributed by atoms with E-state index in [4.69, 9.17) is 9.84 Å². The molecule has 1 rings (SSSR count). The van der Waals surface area contributed by atoms with Crippen LogP contribution in [0.3, 0.4) is 0 Å². The minimum Gasteiger partial charge on any atom is -0.481 e.